The average Bonchev–Trinajstić information content (AvgIpc) is 2.78. The van der Waals surface area contributed by atoms with Gasteiger partial charge in [0.05, 0.1) is 11.0 Å². The molecule has 1 aliphatic heterocycles. The molecule has 4 rings (SSSR count). The van der Waals surface area contributed by atoms with E-state index in [-0.39, 0.29) is 11.5 Å². The second kappa shape index (κ2) is 9.53. The quantitative estimate of drug-likeness (QED) is 0.598. The van der Waals surface area contributed by atoms with Crippen LogP contribution in [0, 0.1) is 6.92 Å². The Labute approximate surface area is 188 Å². The number of fused-ring (bicyclic) bond motifs is 1. The van der Waals surface area contributed by atoms with E-state index in [9.17, 15) is 9.59 Å². The van der Waals surface area contributed by atoms with Crippen LogP contribution < -0.4 is 10.5 Å². The highest BCUT2D eigenvalue weighted by atomic mass is 16.2. The second-order valence-corrected chi connectivity index (χ2v) is 8.67. The molecule has 0 N–H and O–H groups in total. The number of piperazine rings is 1. The van der Waals surface area contributed by atoms with Crippen molar-refractivity contribution in [2.24, 2.45) is 0 Å². The van der Waals surface area contributed by atoms with Crippen molar-refractivity contribution in [2.45, 2.75) is 26.4 Å². The smallest absolute Gasteiger partial charge is 0.293 e. The molecule has 1 saturated heterocycles. The Balaban J connectivity index is 1.39. The standard InChI is InChI=1S/C25H31N5O2/c1-19-7-6-8-20(17-19)18-28-13-15-29(16-14-28)23(31)11-12-30-22-10-5-4-9-21(22)26-24(25(30)32)27(2)3/h4-10,17H,11-16,18H2,1-3H3. The number of amides is 1. The highest BCUT2D eigenvalue weighted by Crippen LogP contribution is 2.15. The molecule has 2 heterocycles. The van der Waals surface area contributed by atoms with E-state index in [0.717, 1.165) is 43.8 Å². The molecule has 7 nitrogen and oxygen atoms in total. The maximum absolute atomic E-state index is 13.0. The molecule has 3 aromatic rings. The summed E-state index contributed by atoms with van der Waals surface area (Å²) in [6.45, 7) is 6.55. The molecular weight excluding hydrogens is 402 g/mol. The Bertz CT molecular complexity index is 1160. The molecule has 7 heteroatoms. The molecule has 32 heavy (non-hydrogen) atoms. The molecule has 0 spiro atoms. The van der Waals surface area contributed by atoms with Gasteiger partial charge >= 0.3 is 0 Å². The zero-order valence-corrected chi connectivity index (χ0v) is 19.1. The fourth-order valence-corrected chi connectivity index (χ4v) is 4.28. The number of rotatable bonds is 6. The molecular formula is C25H31N5O2. The van der Waals surface area contributed by atoms with Crippen molar-refractivity contribution >= 4 is 22.8 Å². The first-order valence-electron chi connectivity index (χ1n) is 11.1. The molecule has 1 aliphatic rings. The number of aryl methyl sites for hydroxylation is 2. The zero-order valence-electron chi connectivity index (χ0n) is 19.1. The van der Waals surface area contributed by atoms with Crippen LogP contribution >= 0.6 is 0 Å². The summed E-state index contributed by atoms with van der Waals surface area (Å²) in [5, 5.41) is 0. The molecule has 1 aromatic heterocycles. The monoisotopic (exact) mass is 433 g/mol. The largest absolute Gasteiger partial charge is 0.358 e. The highest BCUT2D eigenvalue weighted by molar-refractivity contribution is 5.78. The van der Waals surface area contributed by atoms with Crippen LogP contribution in [0.3, 0.4) is 0 Å². The Morgan fingerprint density at radius 3 is 2.50 bits per heavy atom. The van der Waals surface area contributed by atoms with Gasteiger partial charge in [0.15, 0.2) is 5.82 Å². The average molecular weight is 434 g/mol. The fraction of sp³-hybridized carbons (Fsp3) is 0.400. The van der Waals surface area contributed by atoms with E-state index in [1.165, 1.54) is 11.1 Å². The third-order valence-electron chi connectivity index (χ3n) is 6.02. The van der Waals surface area contributed by atoms with E-state index >= 15 is 0 Å². The van der Waals surface area contributed by atoms with Crippen LogP contribution in [-0.2, 0) is 17.9 Å². The molecule has 168 valence electrons. The second-order valence-electron chi connectivity index (χ2n) is 8.67. The van der Waals surface area contributed by atoms with Crippen LogP contribution in [0.2, 0.25) is 0 Å². The van der Waals surface area contributed by atoms with Crippen molar-refractivity contribution < 1.29 is 4.79 Å². The Hall–Kier alpha value is -3.19. The van der Waals surface area contributed by atoms with Gasteiger partial charge in [0.2, 0.25) is 5.91 Å². The van der Waals surface area contributed by atoms with Crippen LogP contribution in [0.15, 0.2) is 53.3 Å². The minimum Gasteiger partial charge on any atom is -0.358 e. The normalized spacial score (nSPS) is 14.7. The van der Waals surface area contributed by atoms with Gasteiger partial charge in [-0.25, -0.2) is 4.98 Å². The number of carbonyl (C=O) groups excluding carboxylic acids is 1. The first-order valence-corrected chi connectivity index (χ1v) is 11.1. The van der Waals surface area contributed by atoms with Crippen LogP contribution in [-0.4, -0.2) is 65.5 Å². The van der Waals surface area contributed by atoms with Crippen molar-refractivity contribution in [1.29, 1.82) is 0 Å². The van der Waals surface area contributed by atoms with E-state index in [1.807, 2.05) is 43.3 Å². The lowest BCUT2D eigenvalue weighted by molar-refractivity contribution is -0.133. The first kappa shape index (κ1) is 22.0. The maximum atomic E-state index is 13.0. The summed E-state index contributed by atoms with van der Waals surface area (Å²) in [6.07, 6.45) is 0.304. The third-order valence-corrected chi connectivity index (χ3v) is 6.02. The van der Waals surface area contributed by atoms with Gasteiger partial charge in [0, 0.05) is 59.8 Å². The number of benzene rings is 2. The number of carbonyl (C=O) groups is 1. The maximum Gasteiger partial charge on any atom is 0.293 e. The Morgan fingerprint density at radius 1 is 1.03 bits per heavy atom. The number of nitrogens with zero attached hydrogens (tertiary/aromatic N) is 5. The highest BCUT2D eigenvalue weighted by Gasteiger charge is 2.22. The van der Waals surface area contributed by atoms with E-state index in [0.29, 0.717) is 18.8 Å². The van der Waals surface area contributed by atoms with Crippen LogP contribution in [0.5, 0.6) is 0 Å². The molecule has 1 fully saturated rings. The summed E-state index contributed by atoms with van der Waals surface area (Å²) >= 11 is 0. The number of hydrogen-bond donors (Lipinski definition) is 0. The lowest BCUT2D eigenvalue weighted by atomic mass is 10.1. The van der Waals surface area contributed by atoms with Crippen molar-refractivity contribution in [3.63, 3.8) is 0 Å². The topological polar surface area (TPSA) is 61.7 Å². The zero-order chi connectivity index (χ0) is 22.7. The number of aromatic nitrogens is 2. The lowest BCUT2D eigenvalue weighted by Gasteiger charge is -2.35. The molecule has 0 atom stereocenters. The van der Waals surface area contributed by atoms with Crippen molar-refractivity contribution in [3.8, 4) is 0 Å². The summed E-state index contributed by atoms with van der Waals surface area (Å²) in [7, 11) is 3.62. The first-order chi connectivity index (χ1) is 15.4. The summed E-state index contributed by atoms with van der Waals surface area (Å²) < 4.78 is 1.68. The number of para-hydroxylation sites is 2. The predicted molar refractivity (Wildman–Crippen MR) is 128 cm³/mol. The van der Waals surface area contributed by atoms with Gasteiger partial charge in [0.1, 0.15) is 0 Å². The summed E-state index contributed by atoms with van der Waals surface area (Å²) in [5.74, 6) is 0.486. The van der Waals surface area contributed by atoms with Gasteiger partial charge in [-0.15, -0.1) is 0 Å². The molecule has 1 amide bonds. The molecule has 0 saturated carbocycles. The van der Waals surface area contributed by atoms with Gasteiger partial charge in [-0.2, -0.15) is 0 Å². The lowest BCUT2D eigenvalue weighted by Crippen LogP contribution is -2.48. The fourth-order valence-electron chi connectivity index (χ4n) is 4.28. The van der Waals surface area contributed by atoms with Crippen molar-refractivity contribution in [3.05, 3.63) is 70.0 Å². The van der Waals surface area contributed by atoms with Gasteiger partial charge in [-0.1, -0.05) is 42.0 Å². The van der Waals surface area contributed by atoms with E-state index in [4.69, 9.17) is 0 Å². The van der Waals surface area contributed by atoms with Crippen LogP contribution in [0.4, 0.5) is 5.82 Å². The minimum absolute atomic E-state index is 0.0967. The molecule has 0 radical (unpaired) electrons. The van der Waals surface area contributed by atoms with E-state index in [1.54, 1.807) is 9.47 Å². The van der Waals surface area contributed by atoms with E-state index in [2.05, 4.69) is 41.1 Å². The van der Waals surface area contributed by atoms with E-state index < -0.39 is 0 Å². The number of hydrogen-bond acceptors (Lipinski definition) is 5. The molecule has 0 bridgehead atoms. The van der Waals surface area contributed by atoms with Crippen LogP contribution in [0.1, 0.15) is 17.5 Å². The summed E-state index contributed by atoms with van der Waals surface area (Å²) in [4.78, 5) is 36.4. The SMILES string of the molecule is Cc1cccc(CN2CCN(C(=O)CCn3c(=O)c(N(C)C)nc4ccccc43)CC2)c1. The Morgan fingerprint density at radius 2 is 1.78 bits per heavy atom. The van der Waals surface area contributed by atoms with Gasteiger partial charge in [-0.3, -0.25) is 14.5 Å². The summed E-state index contributed by atoms with van der Waals surface area (Å²) in [6, 6.07) is 16.2. The third kappa shape index (κ3) is 4.83. The minimum atomic E-state index is -0.163. The summed E-state index contributed by atoms with van der Waals surface area (Å²) in [5.41, 5.74) is 3.94. The molecule has 2 aromatic carbocycles. The molecule has 0 unspecified atom stereocenters. The predicted octanol–water partition coefficient (Wildman–Crippen LogP) is 2.51. The van der Waals surface area contributed by atoms with Gasteiger partial charge in [0.25, 0.3) is 5.56 Å². The Kier molecular flexibility index (Phi) is 6.55. The van der Waals surface area contributed by atoms with Gasteiger partial charge in [-0.05, 0) is 24.6 Å². The molecule has 0 aliphatic carbocycles. The number of anilines is 1. The van der Waals surface area contributed by atoms with Crippen LogP contribution in [0.25, 0.3) is 11.0 Å². The van der Waals surface area contributed by atoms with Gasteiger partial charge < -0.3 is 14.4 Å². The van der Waals surface area contributed by atoms with Crippen molar-refractivity contribution in [1.82, 2.24) is 19.4 Å². The van der Waals surface area contributed by atoms with Crippen molar-refractivity contribution in [2.75, 3.05) is 45.2 Å².